The third-order valence-electron chi connectivity index (χ3n) is 3.39. The van der Waals surface area contributed by atoms with E-state index in [0.717, 1.165) is 19.0 Å². The molecule has 106 valence electrons. The average Bonchev–Trinajstić information content (AvgIpc) is 3.06. The first-order valence-electron chi connectivity index (χ1n) is 6.77. The van der Waals surface area contributed by atoms with Crippen molar-refractivity contribution in [2.75, 3.05) is 18.0 Å². The smallest absolute Gasteiger partial charge is 0.216 e. The summed E-state index contributed by atoms with van der Waals surface area (Å²) in [6, 6.07) is 3.92. The van der Waals surface area contributed by atoms with Crippen LogP contribution in [0.15, 0.2) is 21.7 Å². The van der Waals surface area contributed by atoms with E-state index in [9.17, 15) is 0 Å². The summed E-state index contributed by atoms with van der Waals surface area (Å²) in [6.45, 7) is 3.97. The van der Waals surface area contributed by atoms with Crippen molar-refractivity contribution in [3.05, 3.63) is 28.5 Å². The van der Waals surface area contributed by atoms with E-state index in [-0.39, 0.29) is 0 Å². The zero-order chi connectivity index (χ0) is 13.9. The highest BCUT2D eigenvalue weighted by atomic mass is 32.1. The molecule has 1 N–H and O–H groups in total. The van der Waals surface area contributed by atoms with Crippen LogP contribution in [0.1, 0.15) is 30.8 Å². The second-order valence-corrected chi connectivity index (χ2v) is 5.24. The van der Waals surface area contributed by atoms with Crippen LogP contribution in [-0.4, -0.2) is 34.2 Å². The predicted molar refractivity (Wildman–Crippen MR) is 79.9 cm³/mol. The molecule has 0 aromatic carbocycles. The molecule has 0 aliphatic carbocycles. The number of piperidine rings is 1. The second-order valence-electron chi connectivity index (χ2n) is 4.86. The minimum atomic E-state index is 0.474. The Bertz CT molecular complexity index is 662. The van der Waals surface area contributed by atoms with E-state index in [4.69, 9.17) is 16.6 Å². The van der Waals surface area contributed by atoms with E-state index in [1.807, 2.05) is 19.1 Å². The van der Waals surface area contributed by atoms with Gasteiger partial charge in [0.05, 0.1) is 6.21 Å². The van der Waals surface area contributed by atoms with Gasteiger partial charge in [-0.25, -0.2) is 0 Å². The summed E-state index contributed by atoms with van der Waals surface area (Å²) in [5, 5.41) is 11.0. The molecule has 7 heteroatoms. The molecule has 0 amide bonds. The molecule has 0 saturated carbocycles. The van der Waals surface area contributed by atoms with Gasteiger partial charge in [0, 0.05) is 19.2 Å². The Balaban J connectivity index is 1.75. The van der Waals surface area contributed by atoms with Gasteiger partial charge in [-0.05, 0) is 44.5 Å². The van der Waals surface area contributed by atoms with Gasteiger partial charge in [0.25, 0.3) is 0 Å². The lowest BCUT2D eigenvalue weighted by Gasteiger charge is -2.25. The molecule has 0 bridgehead atoms. The standard InChI is InChI=1S/C13H17N5OS/c1-10-15-16-13(20)18(10)14-9-11-5-6-12(19-11)17-7-3-2-4-8-17/h5-6,9H,2-4,7-8H2,1H3,(H,16,20)/b14-9-. The summed E-state index contributed by atoms with van der Waals surface area (Å²) < 4.78 is 7.84. The molecule has 3 rings (SSSR count). The van der Waals surface area contributed by atoms with Gasteiger partial charge in [-0.3, -0.25) is 5.10 Å². The Morgan fingerprint density at radius 3 is 2.85 bits per heavy atom. The topological polar surface area (TPSA) is 62.4 Å². The highest BCUT2D eigenvalue weighted by Crippen LogP contribution is 2.21. The Hall–Kier alpha value is -1.89. The van der Waals surface area contributed by atoms with Crippen molar-refractivity contribution in [2.45, 2.75) is 26.2 Å². The largest absolute Gasteiger partial charge is 0.440 e. The van der Waals surface area contributed by atoms with Crippen molar-refractivity contribution < 1.29 is 4.42 Å². The first-order chi connectivity index (χ1) is 9.74. The highest BCUT2D eigenvalue weighted by Gasteiger charge is 2.13. The maximum absolute atomic E-state index is 5.80. The van der Waals surface area contributed by atoms with Crippen molar-refractivity contribution in [1.82, 2.24) is 14.9 Å². The van der Waals surface area contributed by atoms with Gasteiger partial charge < -0.3 is 9.32 Å². The molecule has 0 spiro atoms. The summed E-state index contributed by atoms with van der Waals surface area (Å²) in [4.78, 5) is 2.27. The molecule has 0 atom stereocenters. The van der Waals surface area contributed by atoms with Crippen LogP contribution in [0.5, 0.6) is 0 Å². The first kappa shape index (κ1) is 13.1. The molecule has 6 nitrogen and oxygen atoms in total. The number of aromatic amines is 1. The van der Waals surface area contributed by atoms with Crippen LogP contribution < -0.4 is 4.90 Å². The molecule has 20 heavy (non-hydrogen) atoms. The zero-order valence-electron chi connectivity index (χ0n) is 11.4. The minimum absolute atomic E-state index is 0.474. The van der Waals surface area contributed by atoms with Crippen LogP contribution in [0.25, 0.3) is 0 Å². The SMILES string of the molecule is Cc1n[nH]c(=S)n1/N=C\c1ccc(N2CCCCC2)o1. The fraction of sp³-hybridized carbons (Fsp3) is 0.462. The van der Waals surface area contributed by atoms with Gasteiger partial charge in [0.15, 0.2) is 5.88 Å². The van der Waals surface area contributed by atoms with E-state index in [0.29, 0.717) is 16.4 Å². The number of nitrogens with zero attached hydrogens (tertiary/aromatic N) is 4. The van der Waals surface area contributed by atoms with Crippen LogP contribution in [0.2, 0.25) is 0 Å². The molecule has 0 radical (unpaired) electrons. The second kappa shape index (κ2) is 5.62. The van der Waals surface area contributed by atoms with Gasteiger partial charge in [-0.1, -0.05) is 0 Å². The van der Waals surface area contributed by atoms with Crippen molar-refractivity contribution in [3.63, 3.8) is 0 Å². The first-order valence-corrected chi connectivity index (χ1v) is 7.18. The van der Waals surface area contributed by atoms with Gasteiger partial charge in [-0.15, -0.1) is 0 Å². The van der Waals surface area contributed by atoms with E-state index in [1.54, 1.807) is 10.9 Å². The Morgan fingerprint density at radius 1 is 1.35 bits per heavy atom. The maximum Gasteiger partial charge on any atom is 0.216 e. The number of rotatable bonds is 3. The molecule has 1 aliphatic rings. The highest BCUT2D eigenvalue weighted by molar-refractivity contribution is 7.71. The summed E-state index contributed by atoms with van der Waals surface area (Å²) in [6.07, 6.45) is 5.43. The number of anilines is 1. The fourth-order valence-electron chi connectivity index (χ4n) is 2.32. The number of furan rings is 1. The monoisotopic (exact) mass is 291 g/mol. The number of hydrogen-bond acceptors (Lipinski definition) is 5. The summed E-state index contributed by atoms with van der Waals surface area (Å²) >= 11 is 5.09. The molecule has 0 unspecified atom stereocenters. The molecule has 2 aromatic rings. The summed E-state index contributed by atoms with van der Waals surface area (Å²) in [7, 11) is 0. The van der Waals surface area contributed by atoms with E-state index < -0.39 is 0 Å². The lowest BCUT2D eigenvalue weighted by atomic mass is 10.1. The van der Waals surface area contributed by atoms with Crippen LogP contribution >= 0.6 is 12.2 Å². The molecule has 1 saturated heterocycles. The van der Waals surface area contributed by atoms with Crippen LogP contribution in [0.4, 0.5) is 5.88 Å². The third-order valence-corrected chi connectivity index (χ3v) is 3.66. The number of hydrogen-bond donors (Lipinski definition) is 1. The minimum Gasteiger partial charge on any atom is -0.440 e. The van der Waals surface area contributed by atoms with Gasteiger partial charge in [-0.2, -0.15) is 14.9 Å². The molecule has 1 fully saturated rings. The number of aromatic nitrogens is 3. The van der Waals surface area contributed by atoms with Crippen LogP contribution in [0, 0.1) is 11.7 Å². The Labute approximate surface area is 122 Å². The summed E-state index contributed by atoms with van der Waals surface area (Å²) in [5.74, 6) is 2.35. The molecule has 3 heterocycles. The van der Waals surface area contributed by atoms with Gasteiger partial charge in [0.2, 0.25) is 4.77 Å². The van der Waals surface area contributed by atoms with Crippen molar-refractivity contribution in [1.29, 1.82) is 0 Å². The lowest BCUT2D eigenvalue weighted by molar-refractivity contribution is 0.497. The average molecular weight is 291 g/mol. The van der Waals surface area contributed by atoms with E-state index in [2.05, 4.69) is 20.2 Å². The van der Waals surface area contributed by atoms with E-state index in [1.165, 1.54) is 19.3 Å². The molecular weight excluding hydrogens is 274 g/mol. The lowest BCUT2D eigenvalue weighted by Crippen LogP contribution is -2.28. The third kappa shape index (κ3) is 2.67. The van der Waals surface area contributed by atoms with Gasteiger partial charge in [0.1, 0.15) is 11.6 Å². The van der Waals surface area contributed by atoms with E-state index >= 15 is 0 Å². The van der Waals surface area contributed by atoms with Crippen molar-refractivity contribution in [3.8, 4) is 0 Å². The summed E-state index contributed by atoms with van der Waals surface area (Å²) in [5.41, 5.74) is 0. The van der Waals surface area contributed by atoms with Gasteiger partial charge >= 0.3 is 0 Å². The quantitative estimate of drug-likeness (QED) is 0.697. The van der Waals surface area contributed by atoms with Crippen molar-refractivity contribution >= 4 is 24.3 Å². The predicted octanol–water partition coefficient (Wildman–Crippen LogP) is 2.71. The fourth-order valence-corrected chi connectivity index (χ4v) is 2.54. The Kier molecular flexibility index (Phi) is 3.68. The number of H-pyrrole nitrogens is 1. The number of aryl methyl sites for hydroxylation is 1. The molecule has 2 aromatic heterocycles. The van der Waals surface area contributed by atoms with Crippen molar-refractivity contribution in [2.24, 2.45) is 5.10 Å². The number of nitrogens with one attached hydrogen (secondary N) is 1. The maximum atomic E-state index is 5.80. The van der Waals surface area contributed by atoms with Crippen LogP contribution in [-0.2, 0) is 0 Å². The molecular formula is C13H17N5OS. The Morgan fingerprint density at radius 2 is 2.15 bits per heavy atom. The zero-order valence-corrected chi connectivity index (χ0v) is 12.2. The van der Waals surface area contributed by atoms with Crippen LogP contribution in [0.3, 0.4) is 0 Å². The molecule has 1 aliphatic heterocycles. The normalized spacial score (nSPS) is 16.1.